The predicted molar refractivity (Wildman–Crippen MR) is 128 cm³/mol. The van der Waals surface area contributed by atoms with Gasteiger partial charge in [-0.2, -0.15) is 0 Å². The molecule has 7 nitrogen and oxygen atoms in total. The summed E-state index contributed by atoms with van der Waals surface area (Å²) in [6.07, 6.45) is 3.05. The third-order valence-electron chi connectivity index (χ3n) is 4.46. The van der Waals surface area contributed by atoms with Gasteiger partial charge in [-0.25, -0.2) is 13.6 Å². The lowest BCUT2D eigenvalue weighted by Gasteiger charge is -2.13. The van der Waals surface area contributed by atoms with E-state index in [4.69, 9.17) is 5.14 Å². The molecular formula is C20H26IN5O2S. The van der Waals surface area contributed by atoms with Gasteiger partial charge < -0.3 is 15.2 Å². The number of aromatic nitrogens is 1. The average molecular weight is 527 g/mol. The van der Waals surface area contributed by atoms with E-state index in [9.17, 15) is 8.42 Å². The topological polar surface area (TPSA) is 102 Å². The molecule has 0 bridgehead atoms. The highest BCUT2D eigenvalue weighted by atomic mass is 127. The minimum Gasteiger partial charge on any atom is -0.356 e. The number of aliphatic imine (C=N–C) groups is 1. The minimum absolute atomic E-state index is 0. The van der Waals surface area contributed by atoms with Crippen molar-refractivity contribution in [2.24, 2.45) is 10.1 Å². The van der Waals surface area contributed by atoms with Crippen LogP contribution in [0.3, 0.4) is 0 Å². The molecule has 1 aromatic heterocycles. The molecule has 0 saturated carbocycles. The first-order chi connectivity index (χ1) is 13.5. The molecule has 0 spiro atoms. The monoisotopic (exact) mass is 527 g/mol. The molecule has 0 unspecified atom stereocenters. The molecular weight excluding hydrogens is 501 g/mol. The smallest absolute Gasteiger partial charge is 0.238 e. The summed E-state index contributed by atoms with van der Waals surface area (Å²) in [5.41, 5.74) is 2.05. The zero-order valence-corrected chi connectivity index (χ0v) is 19.4. The van der Waals surface area contributed by atoms with Crippen molar-refractivity contribution in [3.8, 4) is 0 Å². The number of nitrogens with zero attached hydrogens (tertiary/aromatic N) is 2. The molecule has 3 rings (SSSR count). The van der Waals surface area contributed by atoms with E-state index in [1.165, 1.54) is 17.0 Å². The number of guanidine groups is 1. The van der Waals surface area contributed by atoms with Crippen molar-refractivity contribution in [1.29, 1.82) is 0 Å². The van der Waals surface area contributed by atoms with E-state index in [1.54, 1.807) is 19.2 Å². The highest BCUT2D eigenvalue weighted by molar-refractivity contribution is 14.0. The maximum absolute atomic E-state index is 11.5. The highest BCUT2D eigenvalue weighted by Gasteiger charge is 2.08. The standard InChI is InChI=1S/C20H25N5O2S.HI/c1-22-20(24-15-16-6-4-8-18(14-16)28(21,26)27)23-11-5-12-25-13-10-17-7-2-3-9-19(17)25;/h2-4,6-10,13-14H,5,11-12,15H2,1H3,(H2,21,26,27)(H2,22,23,24);1H. The first kappa shape index (κ1) is 23.2. The summed E-state index contributed by atoms with van der Waals surface area (Å²) in [7, 11) is -2.00. The Labute approximate surface area is 188 Å². The third kappa shape index (κ3) is 6.44. The summed E-state index contributed by atoms with van der Waals surface area (Å²) in [5, 5.41) is 12.9. The van der Waals surface area contributed by atoms with Gasteiger partial charge in [0.2, 0.25) is 10.0 Å². The Morgan fingerprint density at radius 3 is 2.66 bits per heavy atom. The van der Waals surface area contributed by atoms with E-state index in [0.717, 1.165) is 25.1 Å². The maximum atomic E-state index is 11.5. The van der Waals surface area contributed by atoms with Crippen molar-refractivity contribution >= 4 is 50.9 Å². The first-order valence-corrected chi connectivity index (χ1v) is 10.6. The van der Waals surface area contributed by atoms with Gasteiger partial charge in [0.1, 0.15) is 0 Å². The van der Waals surface area contributed by atoms with Crippen LogP contribution in [0, 0.1) is 0 Å². The van der Waals surface area contributed by atoms with Crippen LogP contribution in [-0.4, -0.2) is 32.5 Å². The zero-order chi connectivity index (χ0) is 20.0. The first-order valence-electron chi connectivity index (χ1n) is 9.07. The molecule has 0 amide bonds. The number of hydrogen-bond donors (Lipinski definition) is 3. The van der Waals surface area contributed by atoms with Crippen molar-refractivity contribution in [3.63, 3.8) is 0 Å². The van der Waals surface area contributed by atoms with Crippen LogP contribution >= 0.6 is 24.0 Å². The maximum Gasteiger partial charge on any atom is 0.238 e. The van der Waals surface area contributed by atoms with Crippen molar-refractivity contribution in [2.75, 3.05) is 13.6 Å². The lowest BCUT2D eigenvalue weighted by molar-refractivity contribution is 0.597. The lowest BCUT2D eigenvalue weighted by Crippen LogP contribution is -2.37. The van der Waals surface area contributed by atoms with E-state index >= 15 is 0 Å². The van der Waals surface area contributed by atoms with E-state index in [2.05, 4.69) is 44.6 Å². The Kier molecular flexibility index (Phi) is 8.47. The van der Waals surface area contributed by atoms with E-state index in [-0.39, 0.29) is 28.9 Å². The van der Waals surface area contributed by atoms with Crippen LogP contribution in [0.25, 0.3) is 10.9 Å². The summed E-state index contributed by atoms with van der Waals surface area (Å²) in [6, 6.07) is 17.0. The summed E-state index contributed by atoms with van der Waals surface area (Å²) in [5.74, 6) is 0.665. The highest BCUT2D eigenvalue weighted by Crippen LogP contribution is 2.15. The van der Waals surface area contributed by atoms with Crippen molar-refractivity contribution in [2.45, 2.75) is 24.4 Å². The average Bonchev–Trinajstić information content (AvgIpc) is 3.10. The molecule has 0 atom stereocenters. The molecule has 9 heteroatoms. The number of hydrogen-bond acceptors (Lipinski definition) is 3. The number of halogens is 1. The van der Waals surface area contributed by atoms with Crippen LogP contribution in [0.15, 0.2) is 70.7 Å². The van der Waals surface area contributed by atoms with Gasteiger partial charge in [0, 0.05) is 38.4 Å². The Bertz CT molecular complexity index is 1080. The van der Waals surface area contributed by atoms with Gasteiger partial charge >= 0.3 is 0 Å². The molecule has 4 N–H and O–H groups in total. The number of sulfonamides is 1. The number of para-hydroxylation sites is 1. The number of aryl methyl sites for hydroxylation is 1. The molecule has 0 fully saturated rings. The summed E-state index contributed by atoms with van der Waals surface area (Å²) in [4.78, 5) is 4.31. The molecule has 0 radical (unpaired) electrons. The van der Waals surface area contributed by atoms with Gasteiger partial charge in [0.15, 0.2) is 5.96 Å². The third-order valence-corrected chi connectivity index (χ3v) is 5.37. The quantitative estimate of drug-likeness (QED) is 0.190. The predicted octanol–water partition coefficient (Wildman–Crippen LogP) is 2.66. The van der Waals surface area contributed by atoms with Crippen molar-refractivity contribution in [1.82, 2.24) is 15.2 Å². The van der Waals surface area contributed by atoms with Crippen LogP contribution < -0.4 is 15.8 Å². The van der Waals surface area contributed by atoms with E-state index < -0.39 is 10.0 Å². The fourth-order valence-corrected chi connectivity index (χ4v) is 3.61. The number of nitrogens with two attached hydrogens (primary N) is 1. The number of benzene rings is 2. The zero-order valence-electron chi connectivity index (χ0n) is 16.2. The van der Waals surface area contributed by atoms with E-state index in [0.29, 0.717) is 12.5 Å². The molecule has 0 aliphatic heterocycles. The molecule has 0 aliphatic rings. The minimum atomic E-state index is -3.70. The number of fused-ring (bicyclic) bond motifs is 1. The Morgan fingerprint density at radius 2 is 1.90 bits per heavy atom. The van der Waals surface area contributed by atoms with Gasteiger partial charge in [-0.1, -0.05) is 30.3 Å². The SMILES string of the molecule is CN=C(NCCCn1ccc2ccccc21)NCc1cccc(S(N)(=O)=O)c1.I. The van der Waals surface area contributed by atoms with E-state index in [1.807, 2.05) is 18.2 Å². The second-order valence-electron chi connectivity index (χ2n) is 6.47. The molecule has 29 heavy (non-hydrogen) atoms. The van der Waals surface area contributed by atoms with Crippen LogP contribution in [0.2, 0.25) is 0 Å². The fraction of sp³-hybridized carbons (Fsp3) is 0.250. The molecule has 2 aromatic carbocycles. The van der Waals surface area contributed by atoms with Gasteiger partial charge in [-0.3, -0.25) is 4.99 Å². The second-order valence-corrected chi connectivity index (χ2v) is 8.03. The molecule has 1 heterocycles. The Balaban J connectivity index is 0.00000300. The summed E-state index contributed by atoms with van der Waals surface area (Å²) >= 11 is 0. The number of nitrogens with one attached hydrogen (secondary N) is 2. The Morgan fingerprint density at radius 1 is 1.10 bits per heavy atom. The molecule has 156 valence electrons. The fourth-order valence-electron chi connectivity index (χ4n) is 3.03. The normalized spacial score (nSPS) is 11.9. The van der Waals surface area contributed by atoms with Crippen LogP contribution in [0.5, 0.6) is 0 Å². The van der Waals surface area contributed by atoms with Crippen molar-refractivity contribution < 1.29 is 8.42 Å². The Hall–Kier alpha value is -2.11. The van der Waals surface area contributed by atoms with Crippen LogP contribution in [-0.2, 0) is 23.1 Å². The van der Waals surface area contributed by atoms with Crippen molar-refractivity contribution in [3.05, 3.63) is 66.4 Å². The van der Waals surface area contributed by atoms with Crippen LogP contribution in [0.1, 0.15) is 12.0 Å². The summed E-state index contributed by atoms with van der Waals surface area (Å²) in [6.45, 7) is 2.13. The molecule has 3 aromatic rings. The largest absolute Gasteiger partial charge is 0.356 e. The second kappa shape index (κ2) is 10.6. The number of rotatable bonds is 7. The van der Waals surface area contributed by atoms with Gasteiger partial charge in [0.05, 0.1) is 4.90 Å². The van der Waals surface area contributed by atoms with Gasteiger partial charge in [-0.05, 0) is 41.6 Å². The molecule has 0 saturated heterocycles. The lowest BCUT2D eigenvalue weighted by atomic mass is 10.2. The molecule has 0 aliphatic carbocycles. The van der Waals surface area contributed by atoms with Crippen LogP contribution in [0.4, 0.5) is 0 Å². The number of primary sulfonamides is 1. The van der Waals surface area contributed by atoms with Gasteiger partial charge in [0.25, 0.3) is 0 Å². The summed E-state index contributed by atoms with van der Waals surface area (Å²) < 4.78 is 25.1. The van der Waals surface area contributed by atoms with Gasteiger partial charge in [-0.15, -0.1) is 24.0 Å².